The number of hydrogen-bond donors (Lipinski definition) is 1. The van der Waals surface area contributed by atoms with Gasteiger partial charge in [-0.2, -0.15) is 0 Å². The Morgan fingerprint density at radius 2 is 1.72 bits per heavy atom. The third-order valence-electron chi connectivity index (χ3n) is 4.44. The minimum atomic E-state index is 0.614. The first-order valence-electron chi connectivity index (χ1n) is 9.41. The lowest BCUT2D eigenvalue weighted by Gasteiger charge is -2.17. The molecule has 0 saturated carbocycles. The normalized spacial score (nSPS) is 11.0. The SMILES string of the molecule is CCN(CC)CCCNCc1cccc(OCc2cccc(C)c2)c1. The van der Waals surface area contributed by atoms with Gasteiger partial charge in [0.2, 0.25) is 0 Å². The van der Waals surface area contributed by atoms with Crippen molar-refractivity contribution in [3.8, 4) is 5.75 Å². The highest BCUT2D eigenvalue weighted by Crippen LogP contribution is 2.15. The molecule has 1 N–H and O–H groups in total. The van der Waals surface area contributed by atoms with Gasteiger partial charge in [-0.1, -0.05) is 55.8 Å². The molecular weight excluding hydrogens is 308 g/mol. The fourth-order valence-electron chi connectivity index (χ4n) is 2.91. The molecule has 0 radical (unpaired) electrons. The second-order valence-electron chi connectivity index (χ2n) is 6.48. The number of benzene rings is 2. The van der Waals surface area contributed by atoms with Gasteiger partial charge in [0.1, 0.15) is 12.4 Å². The molecule has 0 heterocycles. The highest BCUT2D eigenvalue weighted by atomic mass is 16.5. The van der Waals surface area contributed by atoms with Gasteiger partial charge in [-0.25, -0.2) is 0 Å². The summed E-state index contributed by atoms with van der Waals surface area (Å²) in [5.74, 6) is 0.934. The van der Waals surface area contributed by atoms with Crippen molar-refractivity contribution in [3.05, 3.63) is 65.2 Å². The second kappa shape index (κ2) is 10.9. The number of hydrogen-bond acceptors (Lipinski definition) is 3. The Morgan fingerprint density at radius 3 is 2.48 bits per heavy atom. The average Bonchev–Trinajstić information content (AvgIpc) is 2.63. The van der Waals surface area contributed by atoms with Crippen molar-refractivity contribution < 1.29 is 4.74 Å². The van der Waals surface area contributed by atoms with Crippen molar-refractivity contribution in [1.82, 2.24) is 10.2 Å². The van der Waals surface area contributed by atoms with E-state index in [2.05, 4.69) is 73.5 Å². The third kappa shape index (κ3) is 7.29. The van der Waals surface area contributed by atoms with E-state index in [0.29, 0.717) is 6.61 Å². The first kappa shape index (κ1) is 19.5. The lowest BCUT2D eigenvalue weighted by atomic mass is 10.1. The Labute approximate surface area is 153 Å². The maximum Gasteiger partial charge on any atom is 0.120 e. The summed E-state index contributed by atoms with van der Waals surface area (Å²) in [6, 6.07) is 16.8. The van der Waals surface area contributed by atoms with E-state index in [4.69, 9.17) is 4.74 Å². The molecule has 25 heavy (non-hydrogen) atoms. The Morgan fingerprint density at radius 1 is 0.960 bits per heavy atom. The molecule has 3 nitrogen and oxygen atoms in total. The van der Waals surface area contributed by atoms with Crippen molar-refractivity contribution in [2.24, 2.45) is 0 Å². The molecule has 0 spiro atoms. The molecule has 3 heteroatoms. The van der Waals surface area contributed by atoms with Gasteiger partial charge >= 0.3 is 0 Å². The maximum atomic E-state index is 5.94. The molecule has 0 saturated heterocycles. The Hall–Kier alpha value is -1.84. The maximum absolute atomic E-state index is 5.94. The van der Waals surface area contributed by atoms with Crippen molar-refractivity contribution in [1.29, 1.82) is 0 Å². The lowest BCUT2D eigenvalue weighted by molar-refractivity contribution is 0.297. The van der Waals surface area contributed by atoms with E-state index in [0.717, 1.165) is 31.9 Å². The monoisotopic (exact) mass is 340 g/mol. The van der Waals surface area contributed by atoms with Crippen LogP contribution < -0.4 is 10.1 Å². The number of ether oxygens (including phenoxy) is 1. The quantitative estimate of drug-likeness (QED) is 0.614. The van der Waals surface area contributed by atoms with Gasteiger partial charge in [-0.3, -0.25) is 0 Å². The second-order valence-corrected chi connectivity index (χ2v) is 6.48. The van der Waals surface area contributed by atoms with E-state index in [1.54, 1.807) is 0 Å². The van der Waals surface area contributed by atoms with Crippen LogP contribution in [0.15, 0.2) is 48.5 Å². The predicted octanol–water partition coefficient (Wildman–Crippen LogP) is 4.40. The van der Waals surface area contributed by atoms with E-state index in [9.17, 15) is 0 Å². The van der Waals surface area contributed by atoms with E-state index in [1.807, 2.05) is 6.07 Å². The minimum absolute atomic E-state index is 0.614. The topological polar surface area (TPSA) is 24.5 Å². The van der Waals surface area contributed by atoms with E-state index < -0.39 is 0 Å². The first-order chi connectivity index (χ1) is 12.2. The molecule has 0 bridgehead atoms. The minimum Gasteiger partial charge on any atom is -0.489 e. The highest BCUT2D eigenvalue weighted by Gasteiger charge is 2.00. The van der Waals surface area contributed by atoms with Gasteiger partial charge in [-0.15, -0.1) is 0 Å². The van der Waals surface area contributed by atoms with Gasteiger partial charge in [0, 0.05) is 6.54 Å². The molecule has 0 unspecified atom stereocenters. The third-order valence-corrected chi connectivity index (χ3v) is 4.44. The summed E-state index contributed by atoms with van der Waals surface area (Å²) in [4.78, 5) is 2.46. The number of nitrogens with one attached hydrogen (secondary N) is 1. The van der Waals surface area contributed by atoms with Crippen LogP contribution in [0.1, 0.15) is 37.0 Å². The first-order valence-corrected chi connectivity index (χ1v) is 9.41. The molecule has 0 aliphatic carbocycles. The van der Waals surface area contributed by atoms with Gasteiger partial charge in [0.15, 0.2) is 0 Å². The van der Waals surface area contributed by atoms with E-state index in [1.165, 1.54) is 29.7 Å². The average molecular weight is 341 g/mol. The summed E-state index contributed by atoms with van der Waals surface area (Å²) in [6.07, 6.45) is 1.19. The molecule has 2 aromatic carbocycles. The van der Waals surface area contributed by atoms with E-state index in [-0.39, 0.29) is 0 Å². The van der Waals surface area contributed by atoms with Crippen LogP contribution in [0.3, 0.4) is 0 Å². The highest BCUT2D eigenvalue weighted by molar-refractivity contribution is 5.29. The molecule has 2 aromatic rings. The molecule has 2 rings (SSSR count). The standard InChI is InChI=1S/C22H32N2O/c1-4-24(5-2)14-8-13-23-17-20-10-7-12-22(16-20)25-18-21-11-6-9-19(3)15-21/h6-7,9-12,15-16,23H,4-5,8,13-14,17-18H2,1-3H3. The summed E-state index contributed by atoms with van der Waals surface area (Å²) < 4.78 is 5.94. The fraction of sp³-hybridized carbons (Fsp3) is 0.455. The summed E-state index contributed by atoms with van der Waals surface area (Å²) in [5, 5.41) is 3.53. The van der Waals surface area contributed by atoms with Crippen LogP contribution >= 0.6 is 0 Å². The van der Waals surface area contributed by atoms with Crippen LogP contribution in [0.25, 0.3) is 0 Å². The number of nitrogens with zero attached hydrogens (tertiary/aromatic N) is 1. The zero-order chi connectivity index (χ0) is 17.9. The van der Waals surface area contributed by atoms with Crippen LogP contribution in [0.2, 0.25) is 0 Å². The Bertz CT molecular complexity index is 623. The molecule has 0 amide bonds. The smallest absolute Gasteiger partial charge is 0.120 e. The summed E-state index contributed by atoms with van der Waals surface area (Å²) in [7, 11) is 0. The lowest BCUT2D eigenvalue weighted by Crippen LogP contribution is -2.27. The molecular formula is C22H32N2O. The predicted molar refractivity (Wildman–Crippen MR) is 106 cm³/mol. The number of rotatable bonds is 11. The van der Waals surface area contributed by atoms with Gasteiger partial charge in [0.05, 0.1) is 0 Å². The number of aryl methyl sites for hydroxylation is 1. The van der Waals surface area contributed by atoms with Crippen molar-refractivity contribution in [3.63, 3.8) is 0 Å². The van der Waals surface area contributed by atoms with Gasteiger partial charge in [0.25, 0.3) is 0 Å². The summed E-state index contributed by atoms with van der Waals surface area (Å²) >= 11 is 0. The van der Waals surface area contributed by atoms with Crippen LogP contribution in [0.4, 0.5) is 0 Å². The molecule has 0 fully saturated rings. The molecule has 0 aliphatic heterocycles. The van der Waals surface area contributed by atoms with E-state index >= 15 is 0 Å². The Balaban J connectivity index is 1.73. The summed E-state index contributed by atoms with van der Waals surface area (Å²) in [6.45, 7) is 12.5. The van der Waals surface area contributed by atoms with Gasteiger partial charge < -0.3 is 15.0 Å². The fourth-order valence-corrected chi connectivity index (χ4v) is 2.91. The van der Waals surface area contributed by atoms with Crippen LogP contribution in [0, 0.1) is 6.92 Å². The zero-order valence-electron chi connectivity index (χ0n) is 15.9. The molecule has 0 aromatic heterocycles. The molecule has 0 aliphatic rings. The van der Waals surface area contributed by atoms with Crippen LogP contribution in [0.5, 0.6) is 5.75 Å². The van der Waals surface area contributed by atoms with Crippen molar-refractivity contribution >= 4 is 0 Å². The van der Waals surface area contributed by atoms with Crippen LogP contribution in [-0.4, -0.2) is 31.1 Å². The van der Waals surface area contributed by atoms with Crippen molar-refractivity contribution in [2.75, 3.05) is 26.2 Å². The van der Waals surface area contributed by atoms with Crippen LogP contribution in [-0.2, 0) is 13.2 Å². The largest absolute Gasteiger partial charge is 0.489 e. The van der Waals surface area contributed by atoms with Gasteiger partial charge in [-0.05, 0) is 62.8 Å². The van der Waals surface area contributed by atoms with Crippen molar-refractivity contribution in [2.45, 2.75) is 40.3 Å². The zero-order valence-corrected chi connectivity index (χ0v) is 15.9. The molecule has 136 valence electrons. The Kier molecular flexibility index (Phi) is 8.50. The molecule has 0 atom stereocenters. The summed E-state index contributed by atoms with van der Waals surface area (Å²) in [5.41, 5.74) is 3.74.